The molecule has 2 unspecified atom stereocenters. The van der Waals surface area contributed by atoms with Gasteiger partial charge in [0.05, 0.1) is 0 Å². The molecule has 0 saturated carbocycles. The third kappa shape index (κ3) is 5.11. The maximum absolute atomic E-state index is 12.9. The molecule has 2 atom stereocenters. The monoisotopic (exact) mass is 421 g/mol. The average molecular weight is 422 g/mol. The lowest BCUT2D eigenvalue weighted by Gasteiger charge is -2.32. The number of likely N-dealkylation sites (tertiary alicyclic amines) is 1. The quantitative estimate of drug-likeness (QED) is 0.691. The van der Waals surface area contributed by atoms with Crippen LogP contribution in [-0.2, 0) is 9.59 Å². The van der Waals surface area contributed by atoms with Gasteiger partial charge in [-0.3, -0.25) is 14.6 Å². The van der Waals surface area contributed by atoms with E-state index in [1.807, 2.05) is 29.2 Å². The van der Waals surface area contributed by atoms with E-state index >= 15 is 0 Å². The van der Waals surface area contributed by atoms with Crippen LogP contribution in [0.5, 0.6) is 0 Å². The lowest BCUT2D eigenvalue weighted by molar-refractivity contribution is -0.136. The lowest BCUT2D eigenvalue weighted by atomic mass is 9.94. The molecular formula is C24H31N5O2. The highest BCUT2D eigenvalue weighted by molar-refractivity contribution is 5.92. The maximum Gasteiger partial charge on any atom is 0.241 e. The van der Waals surface area contributed by atoms with Crippen molar-refractivity contribution in [2.24, 2.45) is 5.92 Å². The molecule has 0 spiro atoms. The van der Waals surface area contributed by atoms with E-state index in [0.717, 1.165) is 11.3 Å². The second-order valence-corrected chi connectivity index (χ2v) is 8.78. The molecule has 7 heteroatoms. The van der Waals surface area contributed by atoms with Crippen LogP contribution in [-0.4, -0.2) is 40.8 Å². The molecule has 2 aliphatic rings. The van der Waals surface area contributed by atoms with Crippen molar-refractivity contribution in [3.8, 4) is 0 Å². The van der Waals surface area contributed by atoms with E-state index in [9.17, 15) is 9.59 Å². The van der Waals surface area contributed by atoms with Crippen LogP contribution in [0.1, 0.15) is 56.2 Å². The molecule has 1 aromatic heterocycles. The van der Waals surface area contributed by atoms with E-state index in [1.165, 1.54) is 5.56 Å². The number of aromatic nitrogens is 1. The van der Waals surface area contributed by atoms with E-state index < -0.39 is 0 Å². The van der Waals surface area contributed by atoms with Crippen molar-refractivity contribution in [3.63, 3.8) is 0 Å². The van der Waals surface area contributed by atoms with Gasteiger partial charge in [-0.15, -0.1) is 0 Å². The van der Waals surface area contributed by atoms with E-state index in [2.05, 4.69) is 47.1 Å². The second-order valence-electron chi connectivity index (χ2n) is 8.78. The van der Waals surface area contributed by atoms with Crippen molar-refractivity contribution in [2.75, 3.05) is 18.4 Å². The molecule has 0 radical (unpaired) electrons. The van der Waals surface area contributed by atoms with Crippen molar-refractivity contribution < 1.29 is 9.59 Å². The van der Waals surface area contributed by atoms with Gasteiger partial charge in [-0.1, -0.05) is 26.0 Å². The molecule has 7 nitrogen and oxygen atoms in total. The highest BCUT2D eigenvalue weighted by atomic mass is 16.2. The van der Waals surface area contributed by atoms with Crippen molar-refractivity contribution in [1.82, 2.24) is 20.7 Å². The van der Waals surface area contributed by atoms with Gasteiger partial charge < -0.3 is 10.2 Å². The molecule has 0 aliphatic carbocycles. The third-order valence-electron chi connectivity index (χ3n) is 6.33. The van der Waals surface area contributed by atoms with Crippen molar-refractivity contribution in [3.05, 3.63) is 59.9 Å². The van der Waals surface area contributed by atoms with Gasteiger partial charge in [-0.2, -0.15) is 0 Å². The molecular weight excluding hydrogens is 390 g/mol. The predicted octanol–water partition coefficient (Wildman–Crippen LogP) is 2.99. The fourth-order valence-electron chi connectivity index (χ4n) is 4.31. The second kappa shape index (κ2) is 9.58. The third-order valence-corrected chi connectivity index (χ3v) is 6.33. The first kappa shape index (κ1) is 21.5. The summed E-state index contributed by atoms with van der Waals surface area (Å²) in [7, 11) is 0. The number of rotatable bonds is 5. The largest absolute Gasteiger partial charge is 0.341 e. The SMILES string of the molecule is CC(C)c1ccc(NC(=O)C2CCN(C(=O)C3CC(c4ccncc4)NN3)CC2)cc1. The minimum Gasteiger partial charge on any atom is -0.341 e. The van der Waals surface area contributed by atoms with Crippen LogP contribution in [0.25, 0.3) is 0 Å². The van der Waals surface area contributed by atoms with Gasteiger partial charge in [0.2, 0.25) is 11.8 Å². The molecule has 2 aliphatic heterocycles. The van der Waals surface area contributed by atoms with Gasteiger partial charge in [0, 0.05) is 43.1 Å². The van der Waals surface area contributed by atoms with Crippen LogP contribution >= 0.6 is 0 Å². The minimum atomic E-state index is -0.247. The number of nitrogens with one attached hydrogen (secondary N) is 3. The zero-order valence-corrected chi connectivity index (χ0v) is 18.2. The van der Waals surface area contributed by atoms with Gasteiger partial charge in [-0.05, 0) is 60.6 Å². The number of hydrogen-bond donors (Lipinski definition) is 3. The Labute approximate surface area is 183 Å². The Morgan fingerprint density at radius 3 is 2.35 bits per heavy atom. The van der Waals surface area contributed by atoms with Crippen LogP contribution in [0.4, 0.5) is 5.69 Å². The number of piperidine rings is 1. The number of carbonyl (C=O) groups is 2. The molecule has 31 heavy (non-hydrogen) atoms. The van der Waals surface area contributed by atoms with Crippen LogP contribution < -0.4 is 16.2 Å². The fourth-order valence-corrected chi connectivity index (χ4v) is 4.31. The number of hydrogen-bond acceptors (Lipinski definition) is 5. The zero-order chi connectivity index (χ0) is 21.8. The summed E-state index contributed by atoms with van der Waals surface area (Å²) in [5, 5.41) is 3.03. The molecule has 1 aromatic carbocycles. The molecule has 2 amide bonds. The fraction of sp³-hybridized carbons (Fsp3) is 0.458. The first-order valence-electron chi connectivity index (χ1n) is 11.1. The first-order chi connectivity index (χ1) is 15.0. The van der Waals surface area contributed by atoms with Crippen LogP contribution in [0, 0.1) is 5.92 Å². The highest BCUT2D eigenvalue weighted by Crippen LogP contribution is 2.25. The molecule has 2 fully saturated rings. The number of carbonyl (C=O) groups excluding carboxylic acids is 2. The number of hydrazine groups is 1. The van der Waals surface area contributed by atoms with E-state index in [0.29, 0.717) is 38.3 Å². The van der Waals surface area contributed by atoms with Gasteiger partial charge in [0.15, 0.2) is 0 Å². The number of benzene rings is 1. The van der Waals surface area contributed by atoms with Crippen LogP contribution in [0.2, 0.25) is 0 Å². The number of pyridine rings is 1. The molecule has 2 saturated heterocycles. The summed E-state index contributed by atoms with van der Waals surface area (Å²) in [6.07, 6.45) is 5.61. The molecule has 3 N–H and O–H groups in total. The number of amides is 2. The van der Waals surface area contributed by atoms with Crippen molar-refractivity contribution in [2.45, 2.75) is 51.1 Å². The summed E-state index contributed by atoms with van der Waals surface area (Å²) < 4.78 is 0. The summed E-state index contributed by atoms with van der Waals surface area (Å²) in [5.41, 5.74) is 9.56. The molecule has 0 bridgehead atoms. The summed E-state index contributed by atoms with van der Waals surface area (Å²) in [6, 6.07) is 11.8. The van der Waals surface area contributed by atoms with Gasteiger partial charge >= 0.3 is 0 Å². The standard InChI is InChI=1S/C24H31N5O2/c1-16(2)17-3-5-20(6-4-17)26-23(30)19-9-13-29(14-10-19)24(31)22-15-21(27-28-22)18-7-11-25-12-8-18/h3-8,11-12,16,19,21-22,27-28H,9-10,13-15H2,1-2H3,(H,26,30). The molecule has 3 heterocycles. The molecule has 164 valence electrons. The topological polar surface area (TPSA) is 86.4 Å². The Bertz CT molecular complexity index is 892. The predicted molar refractivity (Wildman–Crippen MR) is 120 cm³/mol. The zero-order valence-electron chi connectivity index (χ0n) is 18.2. The highest BCUT2D eigenvalue weighted by Gasteiger charge is 2.35. The minimum absolute atomic E-state index is 0.0443. The van der Waals surface area contributed by atoms with E-state index in [1.54, 1.807) is 12.4 Å². The smallest absolute Gasteiger partial charge is 0.241 e. The van der Waals surface area contributed by atoms with Gasteiger partial charge in [0.1, 0.15) is 6.04 Å². The number of anilines is 1. The van der Waals surface area contributed by atoms with Crippen molar-refractivity contribution in [1.29, 1.82) is 0 Å². The summed E-state index contributed by atoms with van der Waals surface area (Å²) >= 11 is 0. The number of nitrogens with zero attached hydrogens (tertiary/aromatic N) is 2. The van der Waals surface area contributed by atoms with Gasteiger partial charge in [-0.25, -0.2) is 10.9 Å². The summed E-state index contributed by atoms with van der Waals surface area (Å²) in [5.74, 6) is 0.555. The Kier molecular flexibility index (Phi) is 6.63. The summed E-state index contributed by atoms with van der Waals surface area (Å²) in [6.45, 7) is 5.53. The van der Waals surface area contributed by atoms with Crippen LogP contribution in [0.3, 0.4) is 0 Å². The van der Waals surface area contributed by atoms with Crippen molar-refractivity contribution >= 4 is 17.5 Å². The Morgan fingerprint density at radius 2 is 1.71 bits per heavy atom. The van der Waals surface area contributed by atoms with Gasteiger partial charge in [0.25, 0.3) is 0 Å². The Balaban J connectivity index is 1.25. The molecule has 4 rings (SSSR count). The summed E-state index contributed by atoms with van der Waals surface area (Å²) in [4.78, 5) is 31.6. The lowest BCUT2D eigenvalue weighted by Crippen LogP contribution is -2.49. The average Bonchev–Trinajstić information content (AvgIpc) is 3.30. The Morgan fingerprint density at radius 1 is 1.03 bits per heavy atom. The van der Waals surface area contributed by atoms with E-state index in [4.69, 9.17) is 0 Å². The Hall–Kier alpha value is -2.77. The first-order valence-corrected chi connectivity index (χ1v) is 11.1. The maximum atomic E-state index is 12.9. The van der Waals surface area contributed by atoms with Crippen LogP contribution in [0.15, 0.2) is 48.8 Å². The normalized spacial score (nSPS) is 22.0. The molecule has 2 aromatic rings. The van der Waals surface area contributed by atoms with E-state index in [-0.39, 0.29) is 29.8 Å².